The first-order chi connectivity index (χ1) is 12.8. The smallest absolute Gasteiger partial charge is 0.420 e. The standard InChI is InChI=1S/C14H9FI.C7H8O3S/c15-13-8-6-12(7-9-13)10-11-16-14-4-2-1-3-5-14;1-6-2-4-7(5-3-6)11(8,9)10/h1-9H;2-5H,1H3,(H,8,9,10)/q+1;/p-1. The van der Waals surface area contributed by atoms with Crippen LogP contribution in [0.25, 0.3) is 0 Å². The molecule has 0 spiro atoms. The third-order valence-corrected chi connectivity index (χ3v) is 5.97. The minimum Gasteiger partial charge on any atom is -0.744 e. The zero-order chi connectivity index (χ0) is 19.7. The van der Waals surface area contributed by atoms with Crippen molar-refractivity contribution in [3.8, 4) is 9.85 Å². The van der Waals surface area contributed by atoms with Crippen molar-refractivity contribution in [3.63, 3.8) is 0 Å². The van der Waals surface area contributed by atoms with Gasteiger partial charge in [-0.25, -0.2) is 12.8 Å². The van der Waals surface area contributed by atoms with Crippen molar-refractivity contribution in [2.75, 3.05) is 0 Å². The Balaban J connectivity index is 0.000000208. The lowest BCUT2D eigenvalue weighted by Gasteiger charge is -2.05. The SMILES string of the molecule is Cc1ccc(S(=O)(=O)[O-])cc1.Fc1ccc(C#C[I+]c2ccccc2)cc1. The van der Waals surface area contributed by atoms with E-state index in [2.05, 4.69) is 22.0 Å². The quantitative estimate of drug-likeness (QED) is 0.304. The maximum absolute atomic E-state index is 12.6. The summed E-state index contributed by atoms with van der Waals surface area (Å²) in [6.07, 6.45) is 0. The zero-order valence-corrected chi connectivity index (χ0v) is 17.4. The fourth-order valence-corrected chi connectivity index (χ4v) is 3.85. The Morgan fingerprint density at radius 3 is 2.04 bits per heavy atom. The Labute approximate surface area is 169 Å². The molecule has 3 nitrogen and oxygen atoms in total. The summed E-state index contributed by atoms with van der Waals surface area (Å²) in [4.78, 5) is -0.178. The Morgan fingerprint density at radius 1 is 0.889 bits per heavy atom. The molecule has 3 aromatic carbocycles. The summed E-state index contributed by atoms with van der Waals surface area (Å²) in [7, 11) is -4.27. The summed E-state index contributed by atoms with van der Waals surface area (Å²) in [6, 6.07) is 22.3. The summed E-state index contributed by atoms with van der Waals surface area (Å²) in [5, 5.41) is 0. The van der Waals surface area contributed by atoms with E-state index in [0.717, 1.165) is 11.1 Å². The van der Waals surface area contributed by atoms with Gasteiger partial charge in [0.15, 0.2) is 3.93 Å². The first-order valence-corrected chi connectivity index (χ1v) is 11.4. The maximum atomic E-state index is 12.6. The number of rotatable bonds is 2. The van der Waals surface area contributed by atoms with Crippen LogP contribution < -0.4 is 21.2 Å². The number of benzene rings is 3. The molecule has 0 aliphatic heterocycles. The Hall–Kier alpha value is -2.21. The second kappa shape index (κ2) is 10.2. The lowest BCUT2D eigenvalue weighted by Crippen LogP contribution is -3.59. The molecule has 0 atom stereocenters. The average molecular weight is 494 g/mol. The molecule has 3 aromatic rings. The molecule has 138 valence electrons. The molecule has 0 saturated carbocycles. The minimum atomic E-state index is -4.27. The van der Waals surface area contributed by atoms with Crippen molar-refractivity contribution < 1.29 is 38.6 Å². The van der Waals surface area contributed by atoms with E-state index in [0.29, 0.717) is 0 Å². The van der Waals surface area contributed by atoms with Gasteiger partial charge in [-0.3, -0.25) is 0 Å². The summed E-state index contributed by atoms with van der Waals surface area (Å²) in [6.45, 7) is 1.82. The second-order valence-electron chi connectivity index (χ2n) is 5.38. The van der Waals surface area contributed by atoms with E-state index in [-0.39, 0.29) is 31.9 Å². The molecule has 0 bridgehead atoms. The fraction of sp³-hybridized carbons (Fsp3) is 0.0476. The van der Waals surface area contributed by atoms with E-state index >= 15 is 0 Å². The van der Waals surface area contributed by atoms with Crippen molar-refractivity contribution in [1.82, 2.24) is 0 Å². The highest BCUT2D eigenvalue weighted by molar-refractivity contribution is 7.85. The molecule has 0 fully saturated rings. The Kier molecular flexibility index (Phi) is 7.98. The summed E-state index contributed by atoms with van der Waals surface area (Å²) in [5.74, 6) is 2.83. The molecule has 3 rings (SSSR count). The van der Waals surface area contributed by atoms with Gasteiger partial charge in [-0.15, -0.1) is 0 Å². The third-order valence-electron chi connectivity index (χ3n) is 3.23. The number of aryl methyl sites for hydroxylation is 1. The Bertz CT molecular complexity index is 1020. The van der Waals surface area contributed by atoms with Crippen LogP contribution in [0.3, 0.4) is 0 Å². The van der Waals surface area contributed by atoms with E-state index in [9.17, 15) is 17.4 Å². The molecular formula is C21H16FIO3S. The third kappa shape index (κ3) is 7.91. The predicted octanol–water partition coefficient (Wildman–Crippen LogP) is 0.993. The Morgan fingerprint density at radius 2 is 1.48 bits per heavy atom. The molecule has 0 saturated heterocycles. The minimum absolute atomic E-state index is 0.178. The van der Waals surface area contributed by atoms with Gasteiger partial charge in [-0.2, -0.15) is 0 Å². The molecule has 27 heavy (non-hydrogen) atoms. The van der Waals surface area contributed by atoms with Crippen molar-refractivity contribution in [2.45, 2.75) is 11.8 Å². The van der Waals surface area contributed by atoms with Crippen LogP contribution in [0, 0.1) is 26.2 Å². The second-order valence-corrected chi connectivity index (χ2v) is 9.09. The highest BCUT2D eigenvalue weighted by Crippen LogP contribution is 2.08. The largest absolute Gasteiger partial charge is 0.744 e. The van der Waals surface area contributed by atoms with E-state index < -0.39 is 10.1 Å². The van der Waals surface area contributed by atoms with E-state index in [1.165, 1.54) is 27.8 Å². The van der Waals surface area contributed by atoms with Gasteiger partial charge < -0.3 is 4.55 Å². The maximum Gasteiger partial charge on any atom is 0.420 e. The topological polar surface area (TPSA) is 57.2 Å². The first kappa shape index (κ1) is 21.1. The van der Waals surface area contributed by atoms with Gasteiger partial charge >= 0.3 is 21.2 Å². The first-order valence-electron chi connectivity index (χ1n) is 7.82. The lowest BCUT2D eigenvalue weighted by molar-refractivity contribution is -0.535. The number of hydrogen-bond donors (Lipinski definition) is 0. The monoisotopic (exact) mass is 494 g/mol. The van der Waals surface area contributed by atoms with E-state index in [1.807, 2.05) is 25.1 Å². The van der Waals surface area contributed by atoms with Crippen molar-refractivity contribution in [1.29, 1.82) is 0 Å². The molecule has 0 heterocycles. The van der Waals surface area contributed by atoms with Crippen LogP contribution >= 0.6 is 0 Å². The van der Waals surface area contributed by atoms with Gasteiger partial charge in [0.05, 0.1) is 4.90 Å². The number of halogens is 2. The van der Waals surface area contributed by atoms with Crippen LogP contribution in [0.1, 0.15) is 11.1 Å². The molecule has 0 aromatic heterocycles. The van der Waals surface area contributed by atoms with Crippen LogP contribution in [-0.4, -0.2) is 13.0 Å². The van der Waals surface area contributed by atoms with Crippen LogP contribution in [0.5, 0.6) is 0 Å². The fourth-order valence-electron chi connectivity index (χ4n) is 1.85. The molecule has 0 unspecified atom stereocenters. The summed E-state index contributed by atoms with van der Waals surface area (Å²) < 4.78 is 48.3. The average Bonchev–Trinajstić information content (AvgIpc) is 2.64. The highest BCUT2D eigenvalue weighted by Gasteiger charge is 2.05. The molecule has 0 aliphatic carbocycles. The number of hydrogen-bond acceptors (Lipinski definition) is 3. The normalized spacial score (nSPS) is 10.2. The molecule has 6 heteroatoms. The lowest BCUT2D eigenvalue weighted by atomic mass is 10.2. The molecule has 0 N–H and O–H groups in total. The predicted molar refractivity (Wildman–Crippen MR) is 97.6 cm³/mol. The van der Waals surface area contributed by atoms with Gasteiger partial charge in [0.25, 0.3) is 0 Å². The van der Waals surface area contributed by atoms with Gasteiger partial charge in [-0.05, 0) is 61.4 Å². The summed E-state index contributed by atoms with van der Waals surface area (Å²) in [5.41, 5.74) is 1.80. The van der Waals surface area contributed by atoms with Crippen molar-refractivity contribution in [3.05, 3.63) is 99.4 Å². The van der Waals surface area contributed by atoms with Crippen LogP contribution in [0.4, 0.5) is 4.39 Å². The van der Waals surface area contributed by atoms with Crippen LogP contribution in [0.2, 0.25) is 0 Å². The van der Waals surface area contributed by atoms with Gasteiger partial charge in [0.1, 0.15) is 15.9 Å². The molecular weight excluding hydrogens is 478 g/mol. The van der Waals surface area contributed by atoms with Gasteiger partial charge in [-0.1, -0.05) is 35.9 Å². The van der Waals surface area contributed by atoms with Gasteiger partial charge in [0.2, 0.25) is 3.57 Å². The summed E-state index contributed by atoms with van der Waals surface area (Å²) >= 11 is -0.262. The van der Waals surface area contributed by atoms with E-state index in [4.69, 9.17) is 0 Å². The van der Waals surface area contributed by atoms with Crippen LogP contribution in [0.15, 0.2) is 83.8 Å². The van der Waals surface area contributed by atoms with Crippen molar-refractivity contribution >= 4 is 10.1 Å². The van der Waals surface area contributed by atoms with Crippen molar-refractivity contribution in [2.24, 2.45) is 0 Å². The molecule has 0 aliphatic rings. The molecule has 0 amide bonds. The molecule has 0 radical (unpaired) electrons. The van der Waals surface area contributed by atoms with Crippen LogP contribution in [-0.2, 0) is 10.1 Å². The highest BCUT2D eigenvalue weighted by atomic mass is 127. The van der Waals surface area contributed by atoms with Gasteiger partial charge in [0, 0.05) is 5.56 Å². The zero-order valence-electron chi connectivity index (χ0n) is 14.4. The van der Waals surface area contributed by atoms with E-state index in [1.54, 1.807) is 24.3 Å².